The first-order valence-electron chi connectivity index (χ1n) is 6.58. The van der Waals surface area contributed by atoms with Gasteiger partial charge >= 0.3 is 0 Å². The molecular formula is C12H19N5O2S2. The van der Waals surface area contributed by atoms with Crippen molar-refractivity contribution in [2.75, 3.05) is 11.3 Å². The van der Waals surface area contributed by atoms with Crippen molar-refractivity contribution in [2.24, 2.45) is 0 Å². The average molecular weight is 329 g/mol. The predicted molar refractivity (Wildman–Crippen MR) is 83.1 cm³/mol. The number of rotatable bonds is 6. The van der Waals surface area contributed by atoms with E-state index in [0.717, 1.165) is 12.2 Å². The average Bonchev–Trinajstić information content (AvgIpc) is 2.96. The lowest BCUT2D eigenvalue weighted by Crippen LogP contribution is -2.18. The van der Waals surface area contributed by atoms with Crippen molar-refractivity contribution < 1.29 is 8.42 Å². The summed E-state index contributed by atoms with van der Waals surface area (Å²) in [7, 11) is -3.67. The number of nitrogens with one attached hydrogen (secondary N) is 3. The van der Waals surface area contributed by atoms with Gasteiger partial charge in [-0.05, 0) is 27.3 Å². The summed E-state index contributed by atoms with van der Waals surface area (Å²) in [5, 5.41) is 12.0. The molecule has 0 spiro atoms. The molecule has 0 fully saturated rings. The molecule has 1 atom stereocenters. The molecule has 2 heterocycles. The second-order valence-corrected chi connectivity index (χ2v) is 7.20. The smallest absolute Gasteiger partial charge is 0.267 e. The Kier molecular flexibility index (Phi) is 4.64. The van der Waals surface area contributed by atoms with E-state index in [1.807, 2.05) is 19.2 Å². The van der Waals surface area contributed by atoms with Crippen LogP contribution in [0.3, 0.4) is 0 Å². The molecule has 2 aromatic rings. The van der Waals surface area contributed by atoms with Crippen LogP contribution in [-0.2, 0) is 10.0 Å². The number of anilines is 1. The van der Waals surface area contributed by atoms with Gasteiger partial charge in [-0.3, -0.25) is 9.82 Å². The lowest BCUT2D eigenvalue weighted by Gasteiger charge is -2.08. The molecule has 0 aliphatic rings. The summed E-state index contributed by atoms with van der Waals surface area (Å²) in [4.78, 5) is 4.50. The normalized spacial score (nSPS) is 13.3. The summed E-state index contributed by atoms with van der Waals surface area (Å²) in [5.74, 6) is 0. The van der Waals surface area contributed by atoms with Crippen molar-refractivity contribution in [1.82, 2.24) is 20.5 Å². The number of H-pyrrole nitrogens is 1. The van der Waals surface area contributed by atoms with E-state index in [-0.39, 0.29) is 10.9 Å². The Hall–Kier alpha value is -1.45. The summed E-state index contributed by atoms with van der Waals surface area (Å²) in [6.07, 6.45) is 0. The lowest BCUT2D eigenvalue weighted by molar-refractivity contribution is 0.586. The first-order valence-corrected chi connectivity index (χ1v) is 8.94. The maximum atomic E-state index is 12.4. The van der Waals surface area contributed by atoms with Crippen LogP contribution < -0.4 is 10.0 Å². The highest BCUT2D eigenvalue weighted by molar-refractivity contribution is 7.93. The Balaban J connectivity index is 2.22. The number of aromatic amines is 1. The zero-order valence-corrected chi connectivity index (χ0v) is 14.0. The van der Waals surface area contributed by atoms with Gasteiger partial charge in [-0.25, -0.2) is 13.4 Å². The molecule has 1 unspecified atom stereocenters. The van der Waals surface area contributed by atoms with Gasteiger partial charge < -0.3 is 5.32 Å². The number of hydrogen-bond acceptors (Lipinski definition) is 6. The number of nitrogens with zero attached hydrogens (tertiary/aromatic N) is 2. The van der Waals surface area contributed by atoms with E-state index in [1.54, 1.807) is 13.8 Å². The lowest BCUT2D eigenvalue weighted by atomic mass is 10.3. The molecular weight excluding hydrogens is 310 g/mol. The Morgan fingerprint density at radius 3 is 2.71 bits per heavy atom. The van der Waals surface area contributed by atoms with Crippen molar-refractivity contribution in [1.29, 1.82) is 0 Å². The van der Waals surface area contributed by atoms with E-state index in [4.69, 9.17) is 0 Å². The topological polar surface area (TPSA) is 99.8 Å². The molecule has 2 aromatic heterocycles. The third-order valence-electron chi connectivity index (χ3n) is 3.03. The second-order valence-electron chi connectivity index (χ2n) is 4.73. The van der Waals surface area contributed by atoms with Gasteiger partial charge in [-0.15, -0.1) is 11.3 Å². The molecule has 0 amide bonds. The fraction of sp³-hybridized carbons (Fsp3) is 0.500. The summed E-state index contributed by atoms with van der Waals surface area (Å²) >= 11 is 1.27. The van der Waals surface area contributed by atoms with Crippen LogP contribution in [0.15, 0.2) is 10.3 Å². The van der Waals surface area contributed by atoms with Crippen molar-refractivity contribution in [3.05, 3.63) is 22.5 Å². The van der Waals surface area contributed by atoms with Gasteiger partial charge in [0.2, 0.25) is 0 Å². The van der Waals surface area contributed by atoms with E-state index >= 15 is 0 Å². The zero-order chi connectivity index (χ0) is 15.6. The quantitative estimate of drug-likeness (QED) is 0.752. The summed E-state index contributed by atoms with van der Waals surface area (Å²) in [6.45, 7) is 8.15. The van der Waals surface area contributed by atoms with Crippen LogP contribution in [-0.4, -0.2) is 30.1 Å². The van der Waals surface area contributed by atoms with Crippen LogP contribution in [0.25, 0.3) is 0 Å². The van der Waals surface area contributed by atoms with E-state index in [9.17, 15) is 8.42 Å². The molecule has 0 aromatic carbocycles. The van der Waals surface area contributed by atoms with Gasteiger partial charge in [0.15, 0.2) is 5.13 Å². The van der Waals surface area contributed by atoms with E-state index in [0.29, 0.717) is 16.5 Å². The van der Waals surface area contributed by atoms with Crippen molar-refractivity contribution in [2.45, 2.75) is 38.6 Å². The molecule has 3 N–H and O–H groups in total. The largest absolute Gasteiger partial charge is 0.309 e. The fourth-order valence-corrected chi connectivity index (χ4v) is 4.48. The molecule has 0 bridgehead atoms. The van der Waals surface area contributed by atoms with Crippen LogP contribution in [0, 0.1) is 13.8 Å². The summed E-state index contributed by atoms with van der Waals surface area (Å²) in [5.41, 5.74) is 1.77. The van der Waals surface area contributed by atoms with Crippen LogP contribution in [0.2, 0.25) is 0 Å². The number of thiazole rings is 1. The molecule has 0 aliphatic heterocycles. The minimum Gasteiger partial charge on any atom is -0.309 e. The molecule has 0 radical (unpaired) electrons. The maximum absolute atomic E-state index is 12.4. The number of sulfonamides is 1. The molecule has 2 rings (SSSR count). The molecule has 7 nitrogen and oxygen atoms in total. The van der Waals surface area contributed by atoms with Crippen LogP contribution >= 0.6 is 11.3 Å². The molecule has 0 saturated carbocycles. The van der Waals surface area contributed by atoms with Gasteiger partial charge in [-0.2, -0.15) is 5.10 Å². The first kappa shape index (κ1) is 15.9. The third kappa shape index (κ3) is 3.42. The SMILES string of the molecule is CCNC(C)c1csc(NS(=O)(=O)c2c(C)n[nH]c2C)n1. The minimum atomic E-state index is -3.67. The third-order valence-corrected chi connectivity index (χ3v) is 5.53. The molecule has 21 heavy (non-hydrogen) atoms. The van der Waals surface area contributed by atoms with Gasteiger partial charge in [-0.1, -0.05) is 6.92 Å². The zero-order valence-electron chi connectivity index (χ0n) is 12.4. The van der Waals surface area contributed by atoms with Crippen LogP contribution in [0.4, 0.5) is 5.13 Å². The van der Waals surface area contributed by atoms with Gasteiger partial charge in [0, 0.05) is 11.4 Å². The Labute approximate surface area is 128 Å². The summed E-state index contributed by atoms with van der Waals surface area (Å²) < 4.78 is 27.3. The number of hydrogen-bond donors (Lipinski definition) is 3. The van der Waals surface area contributed by atoms with Crippen molar-refractivity contribution in [3.8, 4) is 0 Å². The van der Waals surface area contributed by atoms with E-state index in [1.165, 1.54) is 11.3 Å². The van der Waals surface area contributed by atoms with Crippen molar-refractivity contribution in [3.63, 3.8) is 0 Å². The monoisotopic (exact) mass is 329 g/mol. The van der Waals surface area contributed by atoms with Gasteiger partial charge in [0.1, 0.15) is 4.90 Å². The van der Waals surface area contributed by atoms with Crippen LogP contribution in [0.5, 0.6) is 0 Å². The highest BCUT2D eigenvalue weighted by Crippen LogP contribution is 2.25. The Bertz CT molecular complexity index is 700. The highest BCUT2D eigenvalue weighted by Gasteiger charge is 2.23. The van der Waals surface area contributed by atoms with E-state index < -0.39 is 10.0 Å². The Morgan fingerprint density at radius 1 is 1.43 bits per heavy atom. The minimum absolute atomic E-state index is 0.0851. The summed E-state index contributed by atoms with van der Waals surface area (Å²) in [6, 6.07) is 0.0851. The van der Waals surface area contributed by atoms with E-state index in [2.05, 4.69) is 25.2 Å². The number of aromatic nitrogens is 3. The number of aryl methyl sites for hydroxylation is 2. The highest BCUT2D eigenvalue weighted by atomic mass is 32.2. The van der Waals surface area contributed by atoms with Gasteiger partial charge in [0.25, 0.3) is 10.0 Å². The molecule has 116 valence electrons. The standard InChI is InChI=1S/C12H19N5O2S2/c1-5-13-7(2)10-6-20-12(14-10)17-21(18,19)11-8(3)15-16-9(11)4/h6-7,13H,5H2,1-4H3,(H,14,17)(H,15,16). The van der Waals surface area contributed by atoms with Crippen molar-refractivity contribution >= 4 is 26.5 Å². The fourth-order valence-electron chi connectivity index (χ4n) is 2.05. The molecule has 0 aliphatic carbocycles. The second kappa shape index (κ2) is 6.12. The Morgan fingerprint density at radius 2 is 2.14 bits per heavy atom. The predicted octanol–water partition coefficient (Wildman–Crippen LogP) is 1.95. The maximum Gasteiger partial charge on any atom is 0.267 e. The molecule has 9 heteroatoms. The van der Waals surface area contributed by atoms with Crippen LogP contribution in [0.1, 0.15) is 37.0 Å². The van der Waals surface area contributed by atoms with Gasteiger partial charge in [0.05, 0.1) is 17.1 Å². The molecule has 0 saturated heterocycles. The first-order chi connectivity index (χ1) is 9.85.